The first kappa shape index (κ1) is 25.3. The number of halogens is 1. The first-order valence-corrected chi connectivity index (χ1v) is 9.70. The molecule has 0 fully saturated rings. The lowest BCUT2D eigenvalue weighted by Gasteiger charge is -2.15. The van der Waals surface area contributed by atoms with Gasteiger partial charge in [-0.25, -0.2) is 9.59 Å². The zero-order chi connectivity index (χ0) is 20.9. The lowest BCUT2D eigenvalue weighted by molar-refractivity contribution is -0.139. The number of nitrogens with one attached hydrogen (secondary N) is 1. The van der Waals surface area contributed by atoms with Gasteiger partial charge in [-0.3, -0.25) is 0 Å². The molecule has 0 aliphatic rings. The Balaban J connectivity index is 0.00000450. The van der Waals surface area contributed by atoms with Gasteiger partial charge in [0.2, 0.25) is 0 Å². The minimum atomic E-state index is -1.12. The number of hydrogen-bond donors (Lipinski definition) is 3. The lowest BCUT2D eigenvalue weighted by Crippen LogP contribution is -2.42. The van der Waals surface area contributed by atoms with Crippen molar-refractivity contribution in [1.29, 1.82) is 0 Å². The third-order valence-electron chi connectivity index (χ3n) is 4.28. The third kappa shape index (κ3) is 9.62. The Morgan fingerprint density at radius 2 is 1.67 bits per heavy atom. The van der Waals surface area contributed by atoms with E-state index in [-0.39, 0.29) is 25.4 Å². The summed E-state index contributed by atoms with van der Waals surface area (Å²) in [6.07, 6.45) is 2.33. The van der Waals surface area contributed by atoms with E-state index in [0.717, 1.165) is 36.1 Å². The first-order valence-electron chi connectivity index (χ1n) is 9.70. The minimum absolute atomic E-state index is 0. The summed E-state index contributed by atoms with van der Waals surface area (Å²) in [5.74, 6) is -0.398. The van der Waals surface area contributed by atoms with Gasteiger partial charge < -0.3 is 25.6 Å². The molecule has 0 saturated heterocycles. The molecule has 0 aliphatic heterocycles. The fourth-order valence-electron chi connectivity index (χ4n) is 2.68. The highest BCUT2D eigenvalue weighted by molar-refractivity contribution is 5.85. The Morgan fingerprint density at radius 1 is 0.967 bits per heavy atom. The van der Waals surface area contributed by atoms with Gasteiger partial charge in [0.1, 0.15) is 18.4 Å². The zero-order valence-electron chi connectivity index (χ0n) is 16.8. The second kappa shape index (κ2) is 14.3. The van der Waals surface area contributed by atoms with Crippen molar-refractivity contribution >= 4 is 24.5 Å². The molecule has 1 atom stereocenters. The molecular weight excluding hydrogens is 408 g/mol. The summed E-state index contributed by atoms with van der Waals surface area (Å²) in [6, 6.07) is 15.3. The number of carbonyl (C=O) groups is 2. The SMILES string of the molecule is Cl.NCCCCCOc1ccc(CC(NC(=O)OCc2ccccc2)C(=O)O)cc1. The van der Waals surface area contributed by atoms with Gasteiger partial charge in [0.05, 0.1) is 6.61 Å². The fraction of sp³-hybridized carbons (Fsp3) is 0.364. The number of carboxylic acid groups (broad SMARTS) is 1. The van der Waals surface area contributed by atoms with Gasteiger partial charge >= 0.3 is 12.1 Å². The van der Waals surface area contributed by atoms with E-state index < -0.39 is 18.1 Å². The van der Waals surface area contributed by atoms with Crippen LogP contribution in [0.5, 0.6) is 5.75 Å². The van der Waals surface area contributed by atoms with E-state index in [1.807, 2.05) is 30.3 Å². The zero-order valence-corrected chi connectivity index (χ0v) is 17.6. The second-order valence-corrected chi connectivity index (χ2v) is 6.64. The Hall–Kier alpha value is -2.77. The van der Waals surface area contributed by atoms with Gasteiger partial charge in [-0.2, -0.15) is 0 Å². The molecule has 2 aromatic carbocycles. The average Bonchev–Trinajstić information content (AvgIpc) is 2.73. The van der Waals surface area contributed by atoms with E-state index in [1.54, 1.807) is 24.3 Å². The number of benzene rings is 2. The van der Waals surface area contributed by atoms with Crippen molar-refractivity contribution < 1.29 is 24.2 Å². The highest BCUT2D eigenvalue weighted by atomic mass is 35.5. The molecule has 0 aliphatic carbocycles. The summed E-state index contributed by atoms with van der Waals surface area (Å²) in [5.41, 5.74) is 7.06. The summed E-state index contributed by atoms with van der Waals surface area (Å²) in [5, 5.41) is 11.8. The summed E-state index contributed by atoms with van der Waals surface area (Å²) in [4.78, 5) is 23.4. The highest BCUT2D eigenvalue weighted by Gasteiger charge is 2.21. The molecular formula is C22H29ClN2O5. The highest BCUT2D eigenvalue weighted by Crippen LogP contribution is 2.14. The summed E-state index contributed by atoms with van der Waals surface area (Å²) >= 11 is 0. The van der Waals surface area contributed by atoms with Crippen LogP contribution in [0.1, 0.15) is 30.4 Å². The predicted molar refractivity (Wildman–Crippen MR) is 117 cm³/mol. The van der Waals surface area contributed by atoms with Gasteiger partial charge in [-0.1, -0.05) is 42.5 Å². The average molecular weight is 437 g/mol. The topological polar surface area (TPSA) is 111 Å². The summed E-state index contributed by atoms with van der Waals surface area (Å²) in [7, 11) is 0. The molecule has 0 aromatic heterocycles. The molecule has 0 radical (unpaired) electrons. The van der Waals surface area contributed by atoms with E-state index in [9.17, 15) is 14.7 Å². The van der Waals surface area contributed by atoms with Gasteiger partial charge in [-0.05, 0) is 49.1 Å². The van der Waals surface area contributed by atoms with Crippen molar-refractivity contribution in [2.75, 3.05) is 13.2 Å². The molecule has 2 aromatic rings. The monoisotopic (exact) mass is 436 g/mol. The van der Waals surface area contributed by atoms with E-state index >= 15 is 0 Å². The van der Waals surface area contributed by atoms with Crippen LogP contribution in [-0.4, -0.2) is 36.4 Å². The predicted octanol–water partition coefficient (Wildman–Crippen LogP) is 3.54. The van der Waals surface area contributed by atoms with Crippen LogP contribution < -0.4 is 15.8 Å². The van der Waals surface area contributed by atoms with E-state index in [2.05, 4.69) is 5.32 Å². The van der Waals surface area contributed by atoms with Crippen LogP contribution in [0.2, 0.25) is 0 Å². The number of carboxylic acids is 1. The number of rotatable bonds is 12. The van der Waals surface area contributed by atoms with Gasteiger partial charge in [-0.15, -0.1) is 12.4 Å². The van der Waals surface area contributed by atoms with Crippen LogP contribution in [-0.2, 0) is 22.6 Å². The Bertz CT molecular complexity index is 756. The number of ether oxygens (including phenoxy) is 2. The third-order valence-corrected chi connectivity index (χ3v) is 4.28. The van der Waals surface area contributed by atoms with Crippen molar-refractivity contribution in [3.8, 4) is 5.75 Å². The molecule has 7 nitrogen and oxygen atoms in total. The van der Waals surface area contributed by atoms with Crippen molar-refractivity contribution in [3.63, 3.8) is 0 Å². The normalized spacial score (nSPS) is 11.1. The van der Waals surface area contributed by atoms with E-state index in [1.165, 1.54) is 0 Å². The maximum absolute atomic E-state index is 11.9. The lowest BCUT2D eigenvalue weighted by atomic mass is 10.1. The second-order valence-electron chi connectivity index (χ2n) is 6.64. The van der Waals surface area contributed by atoms with Crippen LogP contribution in [0.3, 0.4) is 0 Å². The number of aliphatic carboxylic acids is 1. The maximum atomic E-state index is 11.9. The van der Waals surface area contributed by atoms with E-state index in [0.29, 0.717) is 13.2 Å². The molecule has 0 bridgehead atoms. The molecule has 2 rings (SSSR count). The molecule has 1 unspecified atom stereocenters. The van der Waals surface area contributed by atoms with Crippen LogP contribution in [0.4, 0.5) is 4.79 Å². The van der Waals surface area contributed by atoms with Crippen LogP contribution in [0, 0.1) is 0 Å². The molecule has 1 amide bonds. The fourth-order valence-corrected chi connectivity index (χ4v) is 2.68. The van der Waals surface area contributed by atoms with Crippen LogP contribution >= 0.6 is 12.4 Å². The van der Waals surface area contributed by atoms with Crippen LogP contribution in [0.15, 0.2) is 54.6 Å². The smallest absolute Gasteiger partial charge is 0.408 e. The Labute approximate surface area is 183 Å². The molecule has 8 heteroatoms. The molecule has 30 heavy (non-hydrogen) atoms. The van der Waals surface area contributed by atoms with E-state index in [4.69, 9.17) is 15.2 Å². The van der Waals surface area contributed by atoms with Crippen molar-refractivity contribution in [1.82, 2.24) is 5.32 Å². The maximum Gasteiger partial charge on any atom is 0.408 e. The molecule has 164 valence electrons. The molecule has 0 spiro atoms. The number of carbonyl (C=O) groups excluding carboxylic acids is 1. The number of unbranched alkanes of at least 4 members (excludes halogenated alkanes) is 2. The first-order chi connectivity index (χ1) is 14.1. The molecule has 0 saturated carbocycles. The number of alkyl carbamates (subject to hydrolysis) is 1. The quantitative estimate of drug-likeness (QED) is 0.439. The van der Waals surface area contributed by atoms with Gasteiger partial charge in [0.25, 0.3) is 0 Å². The Kier molecular flexibility index (Phi) is 12.0. The molecule has 0 heterocycles. The van der Waals surface area contributed by atoms with Crippen molar-refractivity contribution in [3.05, 3.63) is 65.7 Å². The van der Waals surface area contributed by atoms with Crippen molar-refractivity contribution in [2.24, 2.45) is 5.73 Å². The largest absolute Gasteiger partial charge is 0.494 e. The standard InChI is InChI=1S/C22H28N2O5.ClH/c23-13-5-2-6-14-28-19-11-9-17(10-12-19)15-20(21(25)26)24-22(27)29-16-18-7-3-1-4-8-18;/h1,3-4,7-12,20H,2,5-6,13-16,23H2,(H,24,27)(H,25,26);1H. The van der Waals surface area contributed by atoms with Gasteiger partial charge in [0, 0.05) is 6.42 Å². The Morgan fingerprint density at radius 3 is 2.30 bits per heavy atom. The van der Waals surface area contributed by atoms with Crippen LogP contribution in [0.25, 0.3) is 0 Å². The minimum Gasteiger partial charge on any atom is -0.494 e. The van der Waals surface area contributed by atoms with Gasteiger partial charge in [0.15, 0.2) is 0 Å². The summed E-state index contributed by atoms with van der Waals surface area (Å²) in [6.45, 7) is 1.38. The number of hydrogen-bond acceptors (Lipinski definition) is 5. The summed E-state index contributed by atoms with van der Waals surface area (Å²) < 4.78 is 10.7. The number of nitrogens with two attached hydrogens (primary N) is 1. The van der Waals surface area contributed by atoms with Crippen molar-refractivity contribution in [2.45, 2.75) is 38.3 Å². The molecule has 4 N–H and O–H groups in total. The number of amides is 1.